The van der Waals surface area contributed by atoms with Gasteiger partial charge in [0.05, 0.1) is 11.9 Å². The molecule has 0 radical (unpaired) electrons. The number of fused-ring (bicyclic) bond motifs is 2. The standard InChI is InChI=1S/C32H32N3O2.Pt/c1-20-8-5-9-21(2)30(20)35-26-19-32(3,4)17-16-25(26)33-31(35)23-11-6-12-24(18-23)37-28-15-14-22-10-7-13-27(36)29(22)34-28;/h5-15,25-26,36H,16-17,19H2,1-4H3;/q-1;/t25-,26-;/m0./s1. The zero-order valence-electron chi connectivity index (χ0n) is 22.1. The van der Waals surface area contributed by atoms with Crippen molar-refractivity contribution in [3.05, 3.63) is 89.5 Å². The van der Waals surface area contributed by atoms with Crippen molar-refractivity contribution in [2.45, 2.75) is 59.0 Å². The summed E-state index contributed by atoms with van der Waals surface area (Å²) in [5, 5.41) is 11.1. The molecule has 0 bridgehead atoms. The number of nitrogens with zero attached hydrogens (tertiary/aromatic N) is 3. The van der Waals surface area contributed by atoms with Crippen LogP contribution in [0.4, 0.5) is 5.69 Å². The fourth-order valence-electron chi connectivity index (χ4n) is 5.90. The molecule has 3 aromatic carbocycles. The van der Waals surface area contributed by atoms with Crippen LogP contribution in [0.2, 0.25) is 0 Å². The van der Waals surface area contributed by atoms with Crippen LogP contribution in [0.1, 0.15) is 49.8 Å². The van der Waals surface area contributed by atoms with Crippen molar-refractivity contribution in [2.24, 2.45) is 10.4 Å². The summed E-state index contributed by atoms with van der Waals surface area (Å²) < 4.78 is 6.13. The molecule has 2 aliphatic rings. The summed E-state index contributed by atoms with van der Waals surface area (Å²) in [4.78, 5) is 12.3. The van der Waals surface area contributed by atoms with E-state index in [4.69, 9.17) is 9.73 Å². The molecule has 1 aliphatic heterocycles. The van der Waals surface area contributed by atoms with E-state index in [0.29, 0.717) is 23.2 Å². The van der Waals surface area contributed by atoms with Crippen LogP contribution in [0, 0.1) is 25.3 Å². The molecule has 38 heavy (non-hydrogen) atoms. The third-order valence-electron chi connectivity index (χ3n) is 7.75. The number of aliphatic imine (C=N–C) groups is 1. The summed E-state index contributed by atoms with van der Waals surface area (Å²) in [6.07, 6.45) is 3.36. The van der Waals surface area contributed by atoms with Crippen molar-refractivity contribution in [3.8, 4) is 17.4 Å². The van der Waals surface area contributed by atoms with Crippen molar-refractivity contribution in [2.75, 3.05) is 4.90 Å². The van der Waals surface area contributed by atoms with Gasteiger partial charge in [-0.3, -0.25) is 0 Å². The van der Waals surface area contributed by atoms with E-state index in [1.54, 1.807) is 12.1 Å². The number of aryl methyl sites for hydroxylation is 2. The molecular formula is C32H32N3O2Pt-. The van der Waals surface area contributed by atoms with Crippen LogP contribution in [-0.2, 0) is 21.1 Å². The van der Waals surface area contributed by atoms with Crippen LogP contribution in [0.15, 0.2) is 71.7 Å². The average Bonchev–Trinajstić information content (AvgIpc) is 3.22. The second kappa shape index (κ2) is 10.2. The quantitative estimate of drug-likeness (QED) is 0.228. The summed E-state index contributed by atoms with van der Waals surface area (Å²) in [5.74, 6) is 2.08. The Labute approximate surface area is 238 Å². The van der Waals surface area contributed by atoms with Crippen LogP contribution >= 0.6 is 0 Å². The third kappa shape index (κ3) is 4.85. The van der Waals surface area contributed by atoms with Gasteiger partial charge in [0.1, 0.15) is 11.3 Å². The molecule has 0 spiro atoms. The number of amidine groups is 1. The second-order valence-electron chi connectivity index (χ2n) is 11.1. The molecule has 6 rings (SSSR count). The first-order valence-corrected chi connectivity index (χ1v) is 13.0. The Hall–Kier alpha value is -3.17. The van der Waals surface area contributed by atoms with Gasteiger partial charge in [0.2, 0.25) is 5.88 Å². The molecule has 0 saturated heterocycles. The van der Waals surface area contributed by atoms with E-state index in [0.717, 1.165) is 29.6 Å². The molecule has 4 aromatic rings. The number of phenolic OH excluding ortho intramolecular Hbond substituents is 1. The van der Waals surface area contributed by atoms with Crippen LogP contribution in [0.25, 0.3) is 10.9 Å². The number of benzene rings is 3. The molecule has 1 aromatic heterocycles. The molecule has 2 heterocycles. The van der Waals surface area contributed by atoms with Gasteiger partial charge < -0.3 is 19.7 Å². The number of aromatic hydroxyl groups is 1. The number of para-hydroxylation sites is 2. The number of aromatic nitrogens is 1. The van der Waals surface area contributed by atoms with E-state index < -0.39 is 0 Å². The molecule has 198 valence electrons. The van der Waals surface area contributed by atoms with Crippen molar-refractivity contribution >= 4 is 22.4 Å². The van der Waals surface area contributed by atoms with E-state index >= 15 is 0 Å². The van der Waals surface area contributed by atoms with E-state index in [9.17, 15) is 5.11 Å². The van der Waals surface area contributed by atoms with Gasteiger partial charge in [0, 0.05) is 50.0 Å². The van der Waals surface area contributed by atoms with E-state index in [1.807, 2.05) is 30.3 Å². The van der Waals surface area contributed by atoms with Gasteiger partial charge in [-0.05, 0) is 61.8 Å². The Morgan fingerprint density at radius 3 is 2.50 bits per heavy atom. The van der Waals surface area contributed by atoms with Crippen molar-refractivity contribution in [1.29, 1.82) is 0 Å². The summed E-state index contributed by atoms with van der Waals surface area (Å²) in [6.45, 7) is 9.12. The van der Waals surface area contributed by atoms with E-state index in [-0.39, 0.29) is 38.3 Å². The number of rotatable bonds is 4. The SMILES string of the molecule is Cc1cccc(C)c1N1C(c2[c-]c(Oc3ccc4cccc(O)c4n3)ccc2)=N[C@H]2CCC(C)(C)C[C@@H]21.[Pt]. The molecule has 1 saturated carbocycles. The van der Waals surface area contributed by atoms with Crippen LogP contribution in [-0.4, -0.2) is 28.0 Å². The number of hydrogen-bond donors (Lipinski definition) is 1. The van der Waals surface area contributed by atoms with E-state index in [1.165, 1.54) is 23.2 Å². The van der Waals surface area contributed by atoms with Gasteiger partial charge in [0.25, 0.3) is 0 Å². The minimum Gasteiger partial charge on any atom is -0.506 e. The van der Waals surface area contributed by atoms with Crippen molar-refractivity contribution in [3.63, 3.8) is 0 Å². The van der Waals surface area contributed by atoms with Gasteiger partial charge in [0.15, 0.2) is 0 Å². The number of ether oxygens (including phenoxy) is 1. The Balaban J connectivity index is 0.00000294. The van der Waals surface area contributed by atoms with Gasteiger partial charge in [-0.2, -0.15) is 0 Å². The molecule has 1 N–H and O–H groups in total. The largest absolute Gasteiger partial charge is 0.506 e. The Kier molecular flexibility index (Phi) is 7.09. The average molecular weight is 686 g/mol. The zero-order valence-corrected chi connectivity index (χ0v) is 24.4. The maximum absolute atomic E-state index is 10.2. The molecule has 1 fully saturated rings. The summed E-state index contributed by atoms with van der Waals surface area (Å²) >= 11 is 0. The summed E-state index contributed by atoms with van der Waals surface area (Å²) in [7, 11) is 0. The smallest absolute Gasteiger partial charge is 0.217 e. The predicted molar refractivity (Wildman–Crippen MR) is 149 cm³/mol. The molecule has 6 heteroatoms. The number of hydrogen-bond acceptors (Lipinski definition) is 5. The predicted octanol–water partition coefficient (Wildman–Crippen LogP) is 7.36. The first-order valence-electron chi connectivity index (χ1n) is 13.0. The molecule has 5 nitrogen and oxygen atoms in total. The first-order chi connectivity index (χ1) is 17.8. The zero-order chi connectivity index (χ0) is 25.7. The molecule has 2 atom stereocenters. The Morgan fingerprint density at radius 1 is 0.974 bits per heavy atom. The molecule has 0 amide bonds. The van der Waals surface area contributed by atoms with Crippen LogP contribution < -0.4 is 9.64 Å². The number of anilines is 1. The second-order valence-corrected chi connectivity index (χ2v) is 11.1. The van der Waals surface area contributed by atoms with E-state index in [2.05, 4.69) is 67.9 Å². The van der Waals surface area contributed by atoms with Crippen LogP contribution in [0.3, 0.4) is 0 Å². The monoisotopic (exact) mass is 685 g/mol. The van der Waals surface area contributed by atoms with Gasteiger partial charge >= 0.3 is 0 Å². The number of phenols is 1. The van der Waals surface area contributed by atoms with Gasteiger partial charge in [-0.25, -0.2) is 4.98 Å². The maximum atomic E-state index is 10.2. The topological polar surface area (TPSA) is 58.0 Å². The maximum Gasteiger partial charge on any atom is 0.217 e. The summed E-state index contributed by atoms with van der Waals surface area (Å²) in [5.41, 5.74) is 5.47. The Bertz CT molecular complexity index is 1510. The van der Waals surface area contributed by atoms with Crippen LogP contribution in [0.5, 0.6) is 17.4 Å². The third-order valence-corrected chi connectivity index (χ3v) is 7.75. The molecule has 0 unspecified atom stereocenters. The molecule has 1 aliphatic carbocycles. The van der Waals surface area contributed by atoms with Crippen molar-refractivity contribution in [1.82, 2.24) is 4.98 Å². The van der Waals surface area contributed by atoms with Gasteiger partial charge in [-0.1, -0.05) is 50.2 Å². The van der Waals surface area contributed by atoms with Gasteiger partial charge in [-0.15, -0.1) is 23.8 Å². The Morgan fingerprint density at radius 2 is 1.71 bits per heavy atom. The minimum atomic E-state index is 0. The molecular weight excluding hydrogens is 653 g/mol. The fourth-order valence-corrected chi connectivity index (χ4v) is 5.90. The van der Waals surface area contributed by atoms with Crippen molar-refractivity contribution < 1.29 is 30.9 Å². The normalized spacial score (nSPS) is 20.0. The fraction of sp³-hybridized carbons (Fsp3) is 0.312. The number of pyridine rings is 1. The first kappa shape index (κ1) is 26.4. The summed E-state index contributed by atoms with van der Waals surface area (Å²) in [6, 6.07) is 25.6. The minimum absolute atomic E-state index is 0.